The van der Waals surface area contributed by atoms with Gasteiger partial charge in [-0.1, -0.05) is 26.7 Å². The van der Waals surface area contributed by atoms with Crippen molar-refractivity contribution in [1.29, 1.82) is 0 Å². The van der Waals surface area contributed by atoms with E-state index >= 15 is 0 Å². The van der Waals surface area contributed by atoms with Gasteiger partial charge in [-0.05, 0) is 12.8 Å². The van der Waals surface area contributed by atoms with Crippen LogP contribution in [0.3, 0.4) is 0 Å². The second-order valence-corrected chi connectivity index (χ2v) is 4.10. The van der Waals surface area contributed by atoms with Crippen molar-refractivity contribution in [2.75, 3.05) is 0 Å². The zero-order valence-corrected chi connectivity index (χ0v) is 9.90. The summed E-state index contributed by atoms with van der Waals surface area (Å²) in [5.41, 5.74) is 1.53. The Morgan fingerprint density at radius 1 is 1.25 bits per heavy atom. The first-order chi connectivity index (χ1) is 7.85. The molecular formula is C12H18N4. The van der Waals surface area contributed by atoms with E-state index in [1.807, 2.05) is 0 Å². The Kier molecular flexibility index (Phi) is 3.49. The first kappa shape index (κ1) is 11.0. The molecule has 0 saturated heterocycles. The van der Waals surface area contributed by atoms with Crippen molar-refractivity contribution >= 4 is 11.3 Å². The lowest BCUT2D eigenvalue weighted by Gasteiger charge is -2.10. The van der Waals surface area contributed by atoms with E-state index < -0.39 is 0 Å². The van der Waals surface area contributed by atoms with Crippen molar-refractivity contribution in [2.24, 2.45) is 0 Å². The number of rotatable bonds is 5. The van der Waals surface area contributed by atoms with Crippen LogP contribution in [0.4, 0.5) is 0 Å². The minimum Gasteiger partial charge on any atom is -0.325 e. The van der Waals surface area contributed by atoms with Crippen LogP contribution in [0, 0.1) is 0 Å². The number of nitrogens with zero attached hydrogens (tertiary/aromatic N) is 3. The second kappa shape index (κ2) is 5.05. The van der Waals surface area contributed by atoms with Crippen molar-refractivity contribution in [3.8, 4) is 0 Å². The number of imidazole rings is 1. The highest BCUT2D eigenvalue weighted by Gasteiger charge is 2.14. The zero-order valence-electron chi connectivity index (χ0n) is 9.90. The molecule has 2 aromatic rings. The molecule has 0 aromatic carbocycles. The van der Waals surface area contributed by atoms with Crippen LogP contribution in [-0.2, 0) is 0 Å². The topological polar surface area (TPSA) is 54.5 Å². The smallest absolute Gasteiger partial charge is 0.197 e. The van der Waals surface area contributed by atoms with Gasteiger partial charge in [-0.25, -0.2) is 15.0 Å². The molecule has 0 amide bonds. The fourth-order valence-corrected chi connectivity index (χ4v) is 1.94. The quantitative estimate of drug-likeness (QED) is 0.839. The number of H-pyrrole nitrogens is 1. The number of fused-ring (bicyclic) bond motifs is 1. The van der Waals surface area contributed by atoms with E-state index in [0.717, 1.165) is 23.5 Å². The fraction of sp³-hybridized carbons (Fsp3) is 0.583. The minimum atomic E-state index is 0.510. The van der Waals surface area contributed by atoms with Gasteiger partial charge in [-0.15, -0.1) is 0 Å². The number of aromatic amines is 1. The molecule has 2 heterocycles. The van der Waals surface area contributed by atoms with E-state index in [4.69, 9.17) is 0 Å². The maximum atomic E-state index is 4.51. The van der Waals surface area contributed by atoms with Gasteiger partial charge in [0, 0.05) is 18.3 Å². The first-order valence-electron chi connectivity index (χ1n) is 6.01. The molecule has 4 heteroatoms. The van der Waals surface area contributed by atoms with Crippen LogP contribution in [0.15, 0.2) is 12.4 Å². The molecule has 16 heavy (non-hydrogen) atoms. The summed E-state index contributed by atoms with van der Waals surface area (Å²) in [7, 11) is 0. The predicted molar refractivity (Wildman–Crippen MR) is 64.2 cm³/mol. The van der Waals surface area contributed by atoms with Crippen molar-refractivity contribution in [3.05, 3.63) is 18.2 Å². The van der Waals surface area contributed by atoms with Crippen LogP contribution in [-0.4, -0.2) is 19.9 Å². The molecule has 2 aromatic heterocycles. The fourth-order valence-electron chi connectivity index (χ4n) is 1.94. The molecular weight excluding hydrogens is 200 g/mol. The Labute approximate surface area is 95.5 Å². The normalized spacial score (nSPS) is 13.1. The number of hydrogen-bond donors (Lipinski definition) is 1. The Morgan fingerprint density at radius 2 is 2.06 bits per heavy atom. The van der Waals surface area contributed by atoms with Crippen LogP contribution in [0.1, 0.15) is 51.3 Å². The number of hydrogen-bond acceptors (Lipinski definition) is 3. The van der Waals surface area contributed by atoms with Gasteiger partial charge in [-0.2, -0.15) is 0 Å². The lowest BCUT2D eigenvalue weighted by atomic mass is 9.99. The molecule has 86 valence electrons. The average Bonchev–Trinajstić information content (AvgIpc) is 2.73. The van der Waals surface area contributed by atoms with Crippen molar-refractivity contribution in [1.82, 2.24) is 19.9 Å². The average molecular weight is 218 g/mol. The van der Waals surface area contributed by atoms with Gasteiger partial charge in [0.25, 0.3) is 0 Å². The molecule has 1 unspecified atom stereocenters. The summed E-state index contributed by atoms with van der Waals surface area (Å²) in [5.74, 6) is 1.55. The van der Waals surface area contributed by atoms with Gasteiger partial charge < -0.3 is 4.98 Å². The zero-order chi connectivity index (χ0) is 11.4. The van der Waals surface area contributed by atoms with Gasteiger partial charge in [-0.3, -0.25) is 0 Å². The molecule has 1 N–H and O–H groups in total. The molecule has 0 aliphatic rings. The number of unbranched alkanes of at least 4 members (excludes halogenated alkanes) is 1. The van der Waals surface area contributed by atoms with Crippen molar-refractivity contribution in [2.45, 2.75) is 45.4 Å². The van der Waals surface area contributed by atoms with E-state index in [0.29, 0.717) is 5.92 Å². The minimum absolute atomic E-state index is 0.510. The maximum absolute atomic E-state index is 4.51. The molecule has 0 aliphatic heterocycles. The molecule has 4 nitrogen and oxygen atoms in total. The second-order valence-electron chi connectivity index (χ2n) is 4.10. The molecule has 1 atom stereocenters. The summed E-state index contributed by atoms with van der Waals surface area (Å²) < 4.78 is 0. The molecule has 0 saturated carbocycles. The highest BCUT2D eigenvalue weighted by atomic mass is 15.0. The highest BCUT2D eigenvalue weighted by Crippen LogP contribution is 2.23. The Morgan fingerprint density at radius 3 is 2.75 bits per heavy atom. The third-order valence-corrected chi connectivity index (χ3v) is 2.94. The summed E-state index contributed by atoms with van der Waals surface area (Å²) in [6.45, 7) is 4.42. The lowest BCUT2D eigenvalue weighted by molar-refractivity contribution is 0.548. The monoisotopic (exact) mass is 218 g/mol. The summed E-state index contributed by atoms with van der Waals surface area (Å²) in [5, 5.41) is 0. The van der Waals surface area contributed by atoms with Crippen molar-refractivity contribution < 1.29 is 0 Å². The van der Waals surface area contributed by atoms with Gasteiger partial charge in [0.1, 0.15) is 5.82 Å². The molecule has 0 spiro atoms. The van der Waals surface area contributed by atoms with Crippen LogP contribution in [0.25, 0.3) is 11.3 Å². The molecule has 0 bridgehead atoms. The van der Waals surface area contributed by atoms with Crippen LogP contribution < -0.4 is 0 Å². The van der Waals surface area contributed by atoms with Gasteiger partial charge in [0.2, 0.25) is 0 Å². The summed E-state index contributed by atoms with van der Waals surface area (Å²) in [4.78, 5) is 16.2. The SMILES string of the molecule is CCCCC(CC)c1nc2nccnc2[nH]1. The third-order valence-electron chi connectivity index (χ3n) is 2.94. The van der Waals surface area contributed by atoms with E-state index in [2.05, 4.69) is 33.8 Å². The Hall–Kier alpha value is -1.45. The van der Waals surface area contributed by atoms with E-state index in [1.165, 1.54) is 19.3 Å². The van der Waals surface area contributed by atoms with Crippen LogP contribution in [0.5, 0.6) is 0 Å². The largest absolute Gasteiger partial charge is 0.325 e. The summed E-state index contributed by atoms with van der Waals surface area (Å²) >= 11 is 0. The third kappa shape index (κ3) is 2.21. The van der Waals surface area contributed by atoms with Gasteiger partial charge in [0.05, 0.1) is 0 Å². The molecule has 0 fully saturated rings. The van der Waals surface area contributed by atoms with Crippen LogP contribution >= 0.6 is 0 Å². The highest BCUT2D eigenvalue weighted by molar-refractivity contribution is 5.64. The van der Waals surface area contributed by atoms with E-state index in [9.17, 15) is 0 Å². The predicted octanol–water partition coefficient (Wildman–Crippen LogP) is 3.04. The lowest BCUT2D eigenvalue weighted by Crippen LogP contribution is -1.99. The van der Waals surface area contributed by atoms with Crippen molar-refractivity contribution in [3.63, 3.8) is 0 Å². The maximum Gasteiger partial charge on any atom is 0.197 e. The first-order valence-corrected chi connectivity index (χ1v) is 6.01. The van der Waals surface area contributed by atoms with E-state index in [1.54, 1.807) is 12.4 Å². The van der Waals surface area contributed by atoms with E-state index in [-0.39, 0.29) is 0 Å². The molecule has 2 rings (SSSR count). The van der Waals surface area contributed by atoms with Crippen LogP contribution in [0.2, 0.25) is 0 Å². The molecule has 0 aliphatic carbocycles. The van der Waals surface area contributed by atoms with Gasteiger partial charge >= 0.3 is 0 Å². The van der Waals surface area contributed by atoms with Gasteiger partial charge in [0.15, 0.2) is 11.3 Å². The number of nitrogens with one attached hydrogen (secondary N) is 1. The Bertz CT molecular complexity index is 416. The standard InChI is InChI=1S/C12H18N4/c1-3-5-6-9(4-2)10-15-11-12(16-10)14-8-7-13-11/h7-9H,3-6H2,1-2H3,(H,13,14,15,16). The Balaban J connectivity index is 2.23. The summed E-state index contributed by atoms with van der Waals surface area (Å²) in [6.07, 6.45) is 8.15. The number of aromatic nitrogens is 4. The molecule has 0 radical (unpaired) electrons. The summed E-state index contributed by atoms with van der Waals surface area (Å²) in [6, 6.07) is 0.